The number of ether oxygens (including phenoxy) is 1. The molecule has 2 N–H and O–H groups in total. The Bertz CT molecular complexity index is 938. The average Bonchev–Trinajstić information content (AvgIpc) is 3.08. The van der Waals surface area contributed by atoms with E-state index in [0.29, 0.717) is 37.5 Å². The van der Waals surface area contributed by atoms with Gasteiger partial charge in [-0.25, -0.2) is 4.79 Å². The SMILES string of the molecule is COc1ccc(C2(C)NC(=O)N(NC(=O)CN3CCN(C(=O)C4CCCCC4)CC3)C2=O)cc1. The van der Waals surface area contributed by atoms with Crippen molar-refractivity contribution in [3.63, 3.8) is 0 Å². The quantitative estimate of drug-likeness (QED) is 0.604. The van der Waals surface area contributed by atoms with Crippen LogP contribution in [0.25, 0.3) is 0 Å². The summed E-state index contributed by atoms with van der Waals surface area (Å²) in [5.41, 5.74) is 1.74. The molecule has 0 spiro atoms. The van der Waals surface area contributed by atoms with Gasteiger partial charge in [0.2, 0.25) is 5.91 Å². The molecule has 1 aliphatic carbocycles. The van der Waals surface area contributed by atoms with Crippen molar-refractivity contribution in [2.45, 2.75) is 44.6 Å². The van der Waals surface area contributed by atoms with Gasteiger partial charge < -0.3 is 15.0 Å². The van der Waals surface area contributed by atoms with E-state index >= 15 is 0 Å². The van der Waals surface area contributed by atoms with E-state index in [1.165, 1.54) is 6.42 Å². The van der Waals surface area contributed by atoms with Crippen LogP contribution in [0, 0.1) is 5.92 Å². The second-order valence-electron chi connectivity index (χ2n) is 9.40. The van der Waals surface area contributed by atoms with E-state index in [0.717, 1.165) is 30.7 Å². The number of imide groups is 1. The molecular weight excluding hydrogens is 438 g/mol. The van der Waals surface area contributed by atoms with Gasteiger partial charge in [0.1, 0.15) is 11.3 Å². The zero-order valence-electron chi connectivity index (χ0n) is 19.8. The predicted octanol–water partition coefficient (Wildman–Crippen LogP) is 1.22. The molecule has 2 saturated heterocycles. The van der Waals surface area contributed by atoms with Crippen LogP contribution in [0.3, 0.4) is 0 Å². The van der Waals surface area contributed by atoms with Crippen LogP contribution >= 0.6 is 0 Å². The topological polar surface area (TPSA) is 111 Å². The van der Waals surface area contributed by atoms with E-state index in [1.54, 1.807) is 38.3 Å². The molecule has 2 heterocycles. The van der Waals surface area contributed by atoms with Crippen LogP contribution in [0.4, 0.5) is 4.79 Å². The van der Waals surface area contributed by atoms with Crippen molar-refractivity contribution < 1.29 is 23.9 Å². The molecule has 5 amide bonds. The van der Waals surface area contributed by atoms with Crippen LogP contribution in [-0.4, -0.2) is 78.4 Å². The van der Waals surface area contributed by atoms with E-state index in [-0.39, 0.29) is 18.4 Å². The Morgan fingerprint density at radius 2 is 1.71 bits per heavy atom. The number of urea groups is 1. The van der Waals surface area contributed by atoms with Crippen LogP contribution < -0.4 is 15.5 Å². The molecule has 184 valence electrons. The van der Waals surface area contributed by atoms with Gasteiger partial charge in [-0.3, -0.25) is 24.7 Å². The molecule has 1 unspecified atom stereocenters. The summed E-state index contributed by atoms with van der Waals surface area (Å²) >= 11 is 0. The number of methoxy groups -OCH3 is 1. The molecule has 1 aromatic carbocycles. The summed E-state index contributed by atoms with van der Waals surface area (Å²) in [6.07, 6.45) is 5.41. The fourth-order valence-electron chi connectivity index (χ4n) is 4.96. The first-order chi connectivity index (χ1) is 16.3. The number of hydrazine groups is 1. The first-order valence-corrected chi connectivity index (χ1v) is 11.9. The number of carbonyl (C=O) groups excluding carboxylic acids is 4. The summed E-state index contributed by atoms with van der Waals surface area (Å²) in [5.74, 6) is 0.00697. The molecule has 1 aromatic rings. The van der Waals surface area contributed by atoms with Gasteiger partial charge in [0.05, 0.1) is 13.7 Å². The monoisotopic (exact) mass is 471 g/mol. The Kier molecular flexibility index (Phi) is 7.06. The lowest BCUT2D eigenvalue weighted by molar-refractivity contribution is -0.141. The molecule has 1 saturated carbocycles. The molecule has 4 rings (SSSR count). The molecular formula is C24H33N5O5. The highest BCUT2D eigenvalue weighted by atomic mass is 16.5. The minimum absolute atomic E-state index is 0.0434. The Balaban J connectivity index is 1.29. The third-order valence-electron chi connectivity index (χ3n) is 7.10. The van der Waals surface area contributed by atoms with E-state index in [4.69, 9.17) is 4.74 Å². The maximum Gasteiger partial charge on any atom is 0.344 e. The number of benzene rings is 1. The van der Waals surface area contributed by atoms with E-state index in [9.17, 15) is 19.2 Å². The summed E-state index contributed by atoms with van der Waals surface area (Å²) in [5, 5.41) is 3.41. The Labute approximate surface area is 199 Å². The predicted molar refractivity (Wildman–Crippen MR) is 123 cm³/mol. The fraction of sp³-hybridized carbons (Fsp3) is 0.583. The summed E-state index contributed by atoms with van der Waals surface area (Å²) < 4.78 is 5.14. The zero-order chi connectivity index (χ0) is 24.3. The van der Waals surface area contributed by atoms with Crippen molar-refractivity contribution >= 4 is 23.8 Å². The largest absolute Gasteiger partial charge is 0.497 e. The van der Waals surface area contributed by atoms with Crippen LogP contribution in [0.1, 0.15) is 44.6 Å². The smallest absolute Gasteiger partial charge is 0.344 e. The van der Waals surface area contributed by atoms with Crippen LogP contribution in [0.15, 0.2) is 24.3 Å². The second kappa shape index (κ2) is 10.0. The number of nitrogens with one attached hydrogen (secondary N) is 2. The molecule has 10 heteroatoms. The number of hydrogen-bond donors (Lipinski definition) is 2. The van der Waals surface area contributed by atoms with Crippen molar-refractivity contribution in [3.8, 4) is 5.75 Å². The maximum atomic E-state index is 13.0. The normalized spacial score (nSPS) is 24.2. The Hall–Kier alpha value is -3.14. The molecule has 0 radical (unpaired) electrons. The number of piperazine rings is 1. The lowest BCUT2D eigenvalue weighted by Crippen LogP contribution is -2.55. The minimum Gasteiger partial charge on any atom is -0.497 e. The molecule has 0 aromatic heterocycles. The fourth-order valence-corrected chi connectivity index (χ4v) is 4.96. The summed E-state index contributed by atoms with van der Waals surface area (Å²) in [6.45, 7) is 3.97. The van der Waals surface area contributed by atoms with Crippen LogP contribution in [0.2, 0.25) is 0 Å². The number of carbonyl (C=O) groups is 4. The van der Waals surface area contributed by atoms with E-state index in [1.807, 2.05) is 9.80 Å². The van der Waals surface area contributed by atoms with Crippen molar-refractivity contribution in [2.24, 2.45) is 5.92 Å². The molecule has 3 aliphatic rings. The molecule has 0 bridgehead atoms. The summed E-state index contributed by atoms with van der Waals surface area (Å²) in [7, 11) is 1.55. The highest BCUT2D eigenvalue weighted by Gasteiger charge is 2.50. The molecule has 1 atom stereocenters. The van der Waals surface area contributed by atoms with Gasteiger partial charge in [-0.05, 0) is 37.5 Å². The molecule has 3 fully saturated rings. The third-order valence-corrected chi connectivity index (χ3v) is 7.10. The van der Waals surface area contributed by atoms with Gasteiger partial charge in [-0.2, -0.15) is 5.01 Å². The van der Waals surface area contributed by atoms with Gasteiger partial charge in [0.15, 0.2) is 0 Å². The third kappa shape index (κ3) is 4.86. The van der Waals surface area contributed by atoms with E-state index in [2.05, 4.69) is 10.7 Å². The highest BCUT2D eigenvalue weighted by Crippen LogP contribution is 2.29. The lowest BCUT2D eigenvalue weighted by Gasteiger charge is -2.37. The van der Waals surface area contributed by atoms with Crippen LogP contribution in [-0.2, 0) is 19.9 Å². The second-order valence-corrected chi connectivity index (χ2v) is 9.40. The number of hydrogen-bond acceptors (Lipinski definition) is 6. The van der Waals surface area contributed by atoms with Gasteiger partial charge in [0.25, 0.3) is 11.8 Å². The van der Waals surface area contributed by atoms with Crippen molar-refractivity contribution in [1.29, 1.82) is 0 Å². The Morgan fingerprint density at radius 3 is 2.32 bits per heavy atom. The van der Waals surface area contributed by atoms with Crippen LogP contribution in [0.5, 0.6) is 5.75 Å². The van der Waals surface area contributed by atoms with Gasteiger partial charge in [0, 0.05) is 32.1 Å². The van der Waals surface area contributed by atoms with Gasteiger partial charge >= 0.3 is 6.03 Å². The van der Waals surface area contributed by atoms with Crippen molar-refractivity contribution in [2.75, 3.05) is 39.8 Å². The molecule has 34 heavy (non-hydrogen) atoms. The van der Waals surface area contributed by atoms with Crippen molar-refractivity contribution in [3.05, 3.63) is 29.8 Å². The van der Waals surface area contributed by atoms with Crippen molar-refractivity contribution in [1.82, 2.24) is 25.6 Å². The Morgan fingerprint density at radius 1 is 1.06 bits per heavy atom. The molecule has 10 nitrogen and oxygen atoms in total. The summed E-state index contributed by atoms with van der Waals surface area (Å²) in [4.78, 5) is 54.7. The standard InChI is InChI=1S/C24H33N5O5/c1-24(18-8-10-19(34-2)11-9-18)22(32)29(23(33)25-24)26-20(30)16-27-12-14-28(15-13-27)21(31)17-6-4-3-5-7-17/h8-11,17H,3-7,12-16H2,1-2H3,(H,25,33)(H,26,30). The average molecular weight is 472 g/mol. The lowest BCUT2D eigenvalue weighted by atomic mass is 9.88. The number of rotatable bonds is 6. The van der Waals surface area contributed by atoms with E-state index < -0.39 is 23.4 Å². The minimum atomic E-state index is -1.29. The maximum absolute atomic E-state index is 13.0. The number of amides is 5. The first-order valence-electron chi connectivity index (χ1n) is 11.9. The van der Waals surface area contributed by atoms with Gasteiger partial charge in [-0.1, -0.05) is 31.4 Å². The number of nitrogens with zero attached hydrogens (tertiary/aromatic N) is 3. The highest BCUT2D eigenvalue weighted by molar-refractivity contribution is 6.08. The first kappa shape index (κ1) is 24.0. The van der Waals surface area contributed by atoms with Gasteiger partial charge in [-0.15, -0.1) is 0 Å². The molecule has 2 aliphatic heterocycles. The summed E-state index contributed by atoms with van der Waals surface area (Å²) in [6, 6.07) is 6.15. The zero-order valence-corrected chi connectivity index (χ0v) is 19.8.